The van der Waals surface area contributed by atoms with E-state index < -0.39 is 0 Å². The lowest BCUT2D eigenvalue weighted by Crippen LogP contribution is -2.52. The molecule has 1 heteroatoms. The molecule has 0 amide bonds. The highest BCUT2D eigenvalue weighted by molar-refractivity contribution is 4.97. The first-order valence-electron chi connectivity index (χ1n) is 4.42. The molecule has 58 valence electrons. The highest BCUT2D eigenvalue weighted by Crippen LogP contribution is 2.52. The summed E-state index contributed by atoms with van der Waals surface area (Å²) in [5.41, 5.74) is 0.694. The summed E-state index contributed by atoms with van der Waals surface area (Å²) in [6, 6.07) is 0. The molecule has 1 heterocycles. The molecular weight excluding hydrogens is 124 g/mol. The van der Waals surface area contributed by atoms with Gasteiger partial charge in [-0.2, -0.15) is 0 Å². The zero-order valence-electron chi connectivity index (χ0n) is 6.73. The van der Waals surface area contributed by atoms with Gasteiger partial charge in [-0.3, -0.25) is 0 Å². The molecule has 0 aromatic carbocycles. The SMILES string of the molecule is CCCC1CC2(COC2)C1. The van der Waals surface area contributed by atoms with E-state index in [-0.39, 0.29) is 0 Å². The first-order valence-corrected chi connectivity index (χ1v) is 4.42. The Labute approximate surface area is 62.8 Å². The minimum absolute atomic E-state index is 0.694. The van der Waals surface area contributed by atoms with E-state index in [4.69, 9.17) is 4.74 Å². The molecule has 0 atom stereocenters. The third-order valence-electron chi connectivity index (χ3n) is 2.96. The zero-order valence-corrected chi connectivity index (χ0v) is 6.73. The van der Waals surface area contributed by atoms with Crippen molar-refractivity contribution in [1.29, 1.82) is 0 Å². The molecule has 0 N–H and O–H groups in total. The fraction of sp³-hybridized carbons (Fsp3) is 1.00. The van der Waals surface area contributed by atoms with E-state index in [9.17, 15) is 0 Å². The van der Waals surface area contributed by atoms with E-state index >= 15 is 0 Å². The summed E-state index contributed by atoms with van der Waals surface area (Å²) in [5.74, 6) is 1.05. The lowest BCUT2D eigenvalue weighted by molar-refractivity contribution is -0.179. The van der Waals surface area contributed by atoms with Gasteiger partial charge in [0.1, 0.15) is 0 Å². The second kappa shape index (κ2) is 2.23. The molecule has 2 rings (SSSR count). The summed E-state index contributed by atoms with van der Waals surface area (Å²) in [5, 5.41) is 0. The van der Waals surface area contributed by atoms with Gasteiger partial charge in [-0.25, -0.2) is 0 Å². The molecule has 1 aliphatic carbocycles. The summed E-state index contributed by atoms with van der Waals surface area (Å²) in [6.07, 6.45) is 5.73. The van der Waals surface area contributed by atoms with Crippen LogP contribution in [0.5, 0.6) is 0 Å². The Morgan fingerprint density at radius 2 is 2.10 bits per heavy atom. The zero-order chi connectivity index (χ0) is 7.03. The second-order valence-electron chi connectivity index (χ2n) is 4.06. The van der Waals surface area contributed by atoms with Gasteiger partial charge in [-0.15, -0.1) is 0 Å². The molecule has 2 aliphatic rings. The predicted molar refractivity (Wildman–Crippen MR) is 40.9 cm³/mol. The number of hydrogen-bond acceptors (Lipinski definition) is 1. The summed E-state index contributed by atoms with van der Waals surface area (Å²) in [6.45, 7) is 4.41. The smallest absolute Gasteiger partial charge is 0.0545 e. The van der Waals surface area contributed by atoms with E-state index in [1.54, 1.807) is 0 Å². The Kier molecular flexibility index (Phi) is 1.48. The lowest BCUT2D eigenvalue weighted by Gasteiger charge is -2.53. The van der Waals surface area contributed by atoms with Crippen LogP contribution >= 0.6 is 0 Å². The maximum Gasteiger partial charge on any atom is 0.0545 e. The number of hydrogen-bond donors (Lipinski definition) is 0. The van der Waals surface area contributed by atoms with Crippen molar-refractivity contribution < 1.29 is 4.74 Å². The molecule has 1 nitrogen and oxygen atoms in total. The fourth-order valence-corrected chi connectivity index (χ4v) is 2.40. The third-order valence-corrected chi connectivity index (χ3v) is 2.96. The largest absolute Gasteiger partial charge is 0.380 e. The first-order chi connectivity index (χ1) is 4.85. The third kappa shape index (κ3) is 0.878. The van der Waals surface area contributed by atoms with Gasteiger partial charge in [-0.1, -0.05) is 19.8 Å². The number of rotatable bonds is 2. The standard InChI is InChI=1S/C9H16O/c1-2-3-8-4-9(5-8)6-10-7-9/h8H,2-7H2,1H3. The van der Waals surface area contributed by atoms with E-state index in [1.807, 2.05) is 0 Å². The Bertz CT molecular complexity index is 119. The van der Waals surface area contributed by atoms with E-state index in [1.165, 1.54) is 25.7 Å². The summed E-state index contributed by atoms with van der Waals surface area (Å²) in [7, 11) is 0. The first kappa shape index (κ1) is 6.66. The van der Waals surface area contributed by atoms with Crippen molar-refractivity contribution in [3.8, 4) is 0 Å². The Balaban J connectivity index is 1.72. The molecule has 10 heavy (non-hydrogen) atoms. The van der Waals surface area contributed by atoms with Crippen molar-refractivity contribution >= 4 is 0 Å². The molecule has 0 aromatic heterocycles. The minimum Gasteiger partial charge on any atom is -0.380 e. The fourth-order valence-electron chi connectivity index (χ4n) is 2.40. The van der Waals surface area contributed by atoms with Crippen molar-refractivity contribution in [1.82, 2.24) is 0 Å². The average molecular weight is 140 g/mol. The molecule has 0 aromatic rings. The van der Waals surface area contributed by atoms with Gasteiger partial charge >= 0.3 is 0 Å². The van der Waals surface area contributed by atoms with Gasteiger partial charge in [0.05, 0.1) is 13.2 Å². The molecule has 0 bridgehead atoms. The van der Waals surface area contributed by atoms with Crippen molar-refractivity contribution in [3.05, 3.63) is 0 Å². The molecule has 0 unspecified atom stereocenters. The van der Waals surface area contributed by atoms with Crippen LogP contribution in [-0.4, -0.2) is 13.2 Å². The Morgan fingerprint density at radius 3 is 2.50 bits per heavy atom. The molecule has 1 saturated carbocycles. The molecule has 1 saturated heterocycles. The molecule has 2 fully saturated rings. The molecule has 1 aliphatic heterocycles. The lowest BCUT2D eigenvalue weighted by atomic mass is 9.60. The highest BCUT2D eigenvalue weighted by atomic mass is 16.5. The van der Waals surface area contributed by atoms with Crippen LogP contribution < -0.4 is 0 Å². The van der Waals surface area contributed by atoms with Crippen LogP contribution in [0.25, 0.3) is 0 Å². The molecule has 1 spiro atoms. The van der Waals surface area contributed by atoms with Gasteiger partial charge < -0.3 is 4.74 Å². The minimum atomic E-state index is 0.694. The summed E-state index contributed by atoms with van der Waals surface area (Å²) in [4.78, 5) is 0. The van der Waals surface area contributed by atoms with Gasteiger partial charge in [-0.05, 0) is 18.8 Å². The van der Waals surface area contributed by atoms with Crippen LogP contribution in [0.3, 0.4) is 0 Å². The van der Waals surface area contributed by atoms with Gasteiger partial charge in [0.25, 0.3) is 0 Å². The van der Waals surface area contributed by atoms with Crippen molar-refractivity contribution in [2.45, 2.75) is 32.6 Å². The van der Waals surface area contributed by atoms with Crippen LogP contribution in [0, 0.1) is 11.3 Å². The molecular formula is C9H16O. The summed E-state index contributed by atoms with van der Waals surface area (Å²) >= 11 is 0. The average Bonchev–Trinajstić information content (AvgIpc) is 1.72. The van der Waals surface area contributed by atoms with Gasteiger partial charge in [0, 0.05) is 5.41 Å². The van der Waals surface area contributed by atoms with Crippen molar-refractivity contribution in [2.75, 3.05) is 13.2 Å². The second-order valence-corrected chi connectivity index (χ2v) is 4.06. The topological polar surface area (TPSA) is 9.23 Å². The normalized spacial score (nSPS) is 29.7. The monoisotopic (exact) mass is 140 g/mol. The Hall–Kier alpha value is -0.0400. The van der Waals surface area contributed by atoms with E-state index in [2.05, 4.69) is 6.92 Å². The van der Waals surface area contributed by atoms with Crippen LogP contribution in [0.2, 0.25) is 0 Å². The quantitative estimate of drug-likeness (QED) is 0.571. The van der Waals surface area contributed by atoms with E-state index in [0.29, 0.717) is 5.41 Å². The van der Waals surface area contributed by atoms with Gasteiger partial charge in [0.15, 0.2) is 0 Å². The highest BCUT2D eigenvalue weighted by Gasteiger charge is 2.48. The number of ether oxygens (including phenoxy) is 1. The van der Waals surface area contributed by atoms with Crippen LogP contribution in [-0.2, 0) is 4.74 Å². The van der Waals surface area contributed by atoms with Crippen molar-refractivity contribution in [3.63, 3.8) is 0 Å². The van der Waals surface area contributed by atoms with Crippen LogP contribution in [0.15, 0.2) is 0 Å². The maximum absolute atomic E-state index is 5.21. The Morgan fingerprint density at radius 1 is 1.40 bits per heavy atom. The van der Waals surface area contributed by atoms with Crippen molar-refractivity contribution in [2.24, 2.45) is 11.3 Å². The molecule has 0 radical (unpaired) electrons. The van der Waals surface area contributed by atoms with E-state index in [0.717, 1.165) is 19.1 Å². The predicted octanol–water partition coefficient (Wildman–Crippen LogP) is 2.21. The summed E-state index contributed by atoms with van der Waals surface area (Å²) < 4.78 is 5.21. The maximum atomic E-state index is 5.21. The van der Waals surface area contributed by atoms with Crippen LogP contribution in [0.4, 0.5) is 0 Å². The van der Waals surface area contributed by atoms with Gasteiger partial charge in [0.2, 0.25) is 0 Å². The van der Waals surface area contributed by atoms with Crippen LogP contribution in [0.1, 0.15) is 32.6 Å².